The molecule has 154 valence electrons. The molecule has 8 nitrogen and oxygen atoms in total. The number of hydrogen-bond donors (Lipinski definition) is 1. The molecule has 9 heteroatoms. The van der Waals surface area contributed by atoms with Gasteiger partial charge in [-0.05, 0) is 24.5 Å². The van der Waals surface area contributed by atoms with Crippen molar-refractivity contribution in [2.24, 2.45) is 5.92 Å². The highest BCUT2D eigenvalue weighted by molar-refractivity contribution is 7.15. The van der Waals surface area contributed by atoms with E-state index in [0.29, 0.717) is 43.2 Å². The van der Waals surface area contributed by atoms with Crippen LogP contribution in [-0.2, 0) is 11.2 Å². The number of rotatable bonds is 6. The van der Waals surface area contributed by atoms with Gasteiger partial charge in [0.15, 0.2) is 0 Å². The molecular weight excluding hydrogens is 402 g/mol. The van der Waals surface area contributed by atoms with Gasteiger partial charge in [-0.25, -0.2) is 0 Å². The summed E-state index contributed by atoms with van der Waals surface area (Å²) >= 11 is 1.38. The number of benzene rings is 2. The van der Waals surface area contributed by atoms with E-state index in [1.165, 1.54) is 17.4 Å². The number of nitrogens with one attached hydrogen (secondary N) is 1. The average Bonchev–Trinajstić information content (AvgIpc) is 3.21. The molecule has 30 heavy (non-hydrogen) atoms. The van der Waals surface area contributed by atoms with E-state index in [1.54, 1.807) is 18.2 Å². The molecule has 0 aliphatic carbocycles. The molecule has 0 atom stereocenters. The van der Waals surface area contributed by atoms with Crippen LogP contribution in [0.4, 0.5) is 16.5 Å². The van der Waals surface area contributed by atoms with Crippen molar-refractivity contribution in [1.82, 2.24) is 10.2 Å². The molecule has 0 radical (unpaired) electrons. The summed E-state index contributed by atoms with van der Waals surface area (Å²) in [5.74, 6) is -0.217. The van der Waals surface area contributed by atoms with Crippen molar-refractivity contribution in [3.05, 3.63) is 75.3 Å². The number of piperidine rings is 1. The third-order valence-electron chi connectivity index (χ3n) is 5.18. The standard InChI is InChI=1S/C21H21N5O3S/c27-20(22-21-24-23-19(30-21)14-15-6-2-1-3-7-15)16-10-12-25(13-11-16)17-8-4-5-9-18(17)26(28)29/h1-9,16H,10-14H2,(H,22,24,27). The molecule has 3 aromatic rings. The first-order valence-electron chi connectivity index (χ1n) is 9.75. The lowest BCUT2D eigenvalue weighted by molar-refractivity contribution is -0.384. The number of carbonyl (C=O) groups excluding carboxylic acids is 1. The lowest BCUT2D eigenvalue weighted by atomic mass is 9.95. The second-order valence-electron chi connectivity index (χ2n) is 7.16. The van der Waals surface area contributed by atoms with Gasteiger partial charge in [0.2, 0.25) is 11.0 Å². The largest absolute Gasteiger partial charge is 0.366 e. The maximum Gasteiger partial charge on any atom is 0.292 e. The summed E-state index contributed by atoms with van der Waals surface area (Å²) < 4.78 is 0. The van der Waals surface area contributed by atoms with Crippen molar-refractivity contribution < 1.29 is 9.72 Å². The van der Waals surface area contributed by atoms with Crippen LogP contribution < -0.4 is 10.2 Å². The molecule has 2 heterocycles. The van der Waals surface area contributed by atoms with Gasteiger partial charge in [0.1, 0.15) is 10.7 Å². The number of hydrogen-bond acceptors (Lipinski definition) is 7. The number of nitro groups is 1. The molecule has 2 aromatic carbocycles. The Morgan fingerprint density at radius 3 is 2.53 bits per heavy atom. The maximum atomic E-state index is 12.7. The van der Waals surface area contributed by atoms with Gasteiger partial charge in [0.05, 0.1) is 4.92 Å². The van der Waals surface area contributed by atoms with Crippen molar-refractivity contribution in [2.45, 2.75) is 19.3 Å². The van der Waals surface area contributed by atoms with Crippen LogP contribution in [0.25, 0.3) is 0 Å². The third kappa shape index (κ3) is 4.62. The van der Waals surface area contributed by atoms with E-state index in [4.69, 9.17) is 0 Å². The van der Waals surface area contributed by atoms with E-state index in [1.807, 2.05) is 35.2 Å². The molecule has 1 saturated heterocycles. The summed E-state index contributed by atoms with van der Waals surface area (Å²) in [4.78, 5) is 25.5. The van der Waals surface area contributed by atoms with E-state index in [2.05, 4.69) is 15.5 Å². The molecule has 0 spiro atoms. The predicted octanol–water partition coefficient (Wildman–Crippen LogP) is 3.89. The van der Waals surface area contributed by atoms with Crippen LogP contribution >= 0.6 is 11.3 Å². The fourth-order valence-corrected chi connectivity index (χ4v) is 4.40. The summed E-state index contributed by atoms with van der Waals surface area (Å²) in [6, 6.07) is 16.7. The quantitative estimate of drug-likeness (QED) is 0.477. The first-order chi connectivity index (χ1) is 14.6. The number of nitro benzene ring substituents is 1. The van der Waals surface area contributed by atoms with Gasteiger partial charge in [-0.3, -0.25) is 14.9 Å². The van der Waals surface area contributed by atoms with Crippen molar-refractivity contribution >= 4 is 33.8 Å². The van der Waals surface area contributed by atoms with Crippen LogP contribution in [0, 0.1) is 16.0 Å². The lowest BCUT2D eigenvalue weighted by Crippen LogP contribution is -2.38. The van der Waals surface area contributed by atoms with E-state index in [0.717, 1.165) is 10.6 Å². The minimum absolute atomic E-state index is 0.0698. The Bertz CT molecular complexity index is 1030. The Labute approximate surface area is 177 Å². The maximum absolute atomic E-state index is 12.7. The van der Waals surface area contributed by atoms with Crippen LogP contribution in [0.2, 0.25) is 0 Å². The van der Waals surface area contributed by atoms with Crippen molar-refractivity contribution in [3.63, 3.8) is 0 Å². The number of amides is 1. The van der Waals surface area contributed by atoms with Crippen molar-refractivity contribution in [2.75, 3.05) is 23.3 Å². The van der Waals surface area contributed by atoms with E-state index < -0.39 is 0 Å². The number of anilines is 2. The Morgan fingerprint density at radius 1 is 1.10 bits per heavy atom. The number of nitrogens with zero attached hydrogens (tertiary/aromatic N) is 4. The SMILES string of the molecule is O=C(Nc1nnc(Cc2ccccc2)s1)C1CCN(c2ccccc2[N+](=O)[O-])CC1. The summed E-state index contributed by atoms with van der Waals surface area (Å²) in [5.41, 5.74) is 1.85. The highest BCUT2D eigenvalue weighted by atomic mass is 32.1. The first kappa shape index (κ1) is 20.0. The molecule has 1 fully saturated rings. The predicted molar refractivity (Wildman–Crippen MR) is 116 cm³/mol. The summed E-state index contributed by atoms with van der Waals surface area (Å²) in [6.07, 6.45) is 1.95. The lowest BCUT2D eigenvalue weighted by Gasteiger charge is -2.32. The fraction of sp³-hybridized carbons (Fsp3) is 0.286. The van der Waals surface area contributed by atoms with Crippen LogP contribution in [0.1, 0.15) is 23.4 Å². The molecular formula is C21H21N5O3S. The smallest absolute Gasteiger partial charge is 0.292 e. The van der Waals surface area contributed by atoms with Crippen molar-refractivity contribution in [1.29, 1.82) is 0 Å². The topological polar surface area (TPSA) is 101 Å². The minimum atomic E-state index is -0.364. The van der Waals surface area contributed by atoms with Crippen LogP contribution in [-0.4, -0.2) is 34.1 Å². The Balaban J connectivity index is 1.33. The summed E-state index contributed by atoms with van der Waals surface area (Å²) in [7, 11) is 0. The molecule has 0 unspecified atom stereocenters. The average molecular weight is 423 g/mol. The molecule has 0 bridgehead atoms. The molecule has 4 rings (SSSR count). The highest BCUT2D eigenvalue weighted by Crippen LogP contribution is 2.31. The van der Waals surface area contributed by atoms with E-state index in [9.17, 15) is 14.9 Å². The van der Waals surface area contributed by atoms with E-state index >= 15 is 0 Å². The second-order valence-corrected chi connectivity index (χ2v) is 8.22. The zero-order valence-corrected chi connectivity index (χ0v) is 17.0. The monoisotopic (exact) mass is 423 g/mol. The Morgan fingerprint density at radius 2 is 1.80 bits per heavy atom. The van der Waals surface area contributed by atoms with Gasteiger partial charge in [-0.15, -0.1) is 10.2 Å². The van der Waals surface area contributed by atoms with Crippen molar-refractivity contribution in [3.8, 4) is 0 Å². The Hall–Kier alpha value is -3.33. The Kier molecular flexibility index (Phi) is 5.99. The first-order valence-corrected chi connectivity index (χ1v) is 10.6. The number of para-hydroxylation sites is 2. The molecule has 1 aliphatic rings. The van der Waals surface area contributed by atoms with Gasteiger partial charge >= 0.3 is 0 Å². The van der Waals surface area contributed by atoms with Gasteiger partial charge in [0.25, 0.3) is 5.69 Å². The zero-order valence-electron chi connectivity index (χ0n) is 16.2. The fourth-order valence-electron chi connectivity index (χ4n) is 3.62. The molecule has 0 saturated carbocycles. The normalized spacial score (nSPS) is 14.5. The second kappa shape index (κ2) is 9.00. The molecule has 1 aromatic heterocycles. The third-order valence-corrected chi connectivity index (χ3v) is 6.02. The van der Waals surface area contributed by atoms with Crippen LogP contribution in [0.3, 0.4) is 0 Å². The summed E-state index contributed by atoms with van der Waals surface area (Å²) in [6.45, 7) is 1.19. The number of carbonyl (C=O) groups is 1. The summed E-state index contributed by atoms with van der Waals surface area (Å²) in [5, 5.41) is 23.8. The van der Waals surface area contributed by atoms with Crippen LogP contribution in [0.5, 0.6) is 0 Å². The zero-order chi connectivity index (χ0) is 20.9. The number of aromatic nitrogens is 2. The van der Waals surface area contributed by atoms with Gasteiger partial charge in [-0.2, -0.15) is 0 Å². The van der Waals surface area contributed by atoms with Gasteiger partial charge in [-0.1, -0.05) is 53.8 Å². The van der Waals surface area contributed by atoms with Gasteiger partial charge in [0, 0.05) is 31.5 Å². The minimum Gasteiger partial charge on any atom is -0.366 e. The van der Waals surface area contributed by atoms with Crippen LogP contribution in [0.15, 0.2) is 54.6 Å². The molecule has 1 aliphatic heterocycles. The highest BCUT2D eigenvalue weighted by Gasteiger charge is 2.28. The molecule has 1 N–H and O–H groups in total. The van der Waals surface area contributed by atoms with E-state index in [-0.39, 0.29) is 22.4 Å². The molecule has 1 amide bonds. The van der Waals surface area contributed by atoms with Gasteiger partial charge < -0.3 is 10.2 Å².